The van der Waals surface area contributed by atoms with E-state index in [-0.39, 0.29) is 11.8 Å². The van der Waals surface area contributed by atoms with Gasteiger partial charge in [0.25, 0.3) is 0 Å². The van der Waals surface area contributed by atoms with Crippen molar-refractivity contribution in [3.05, 3.63) is 49.1 Å². The number of nitrogens with one attached hydrogen (secondary N) is 2. The number of unbranched alkanes of at least 4 members (excludes halogenated alkanes) is 15. The molecule has 0 bridgehead atoms. The van der Waals surface area contributed by atoms with Crippen molar-refractivity contribution in [2.75, 3.05) is 10.6 Å². The van der Waals surface area contributed by atoms with Gasteiger partial charge in [0, 0.05) is 49.9 Å². The third-order valence-corrected chi connectivity index (χ3v) is 7.95. The fourth-order valence-corrected chi connectivity index (χ4v) is 5.25. The minimum Gasteiger partial charge on any atom is -0.326 e. The van der Waals surface area contributed by atoms with Crippen LogP contribution in [0.1, 0.15) is 142 Å². The Kier molecular flexibility index (Phi) is 20.1. The molecule has 2 amide bonds. The van der Waals surface area contributed by atoms with Crippen molar-refractivity contribution in [2.24, 2.45) is 0 Å². The Bertz CT molecular complexity index is 880. The monoisotopic (exact) mass is 580 g/mol. The Morgan fingerprint density at radius 2 is 0.786 bits per heavy atom. The molecule has 0 radical (unpaired) electrons. The first kappa shape index (κ1) is 35.4. The number of anilines is 2. The minimum absolute atomic E-state index is 0.000313. The predicted molar refractivity (Wildman–Crippen MR) is 174 cm³/mol. The van der Waals surface area contributed by atoms with Gasteiger partial charge in [-0.2, -0.15) is 0 Å². The van der Waals surface area contributed by atoms with Gasteiger partial charge in [0.05, 0.1) is 11.4 Å². The summed E-state index contributed by atoms with van der Waals surface area (Å²) in [5.74, 6) is 0.000626. The molecule has 2 heterocycles. The van der Waals surface area contributed by atoms with E-state index in [0.29, 0.717) is 25.7 Å². The third kappa shape index (κ3) is 17.9. The smallest absolute Gasteiger partial charge is 0.224 e. The molecule has 6 heteroatoms. The zero-order chi connectivity index (χ0) is 30.1. The van der Waals surface area contributed by atoms with E-state index in [1.807, 2.05) is 49.1 Å². The van der Waals surface area contributed by atoms with E-state index in [1.54, 1.807) is 0 Å². The minimum atomic E-state index is 0.000313. The number of carbonyl (C=O) groups excluding carboxylic acids is 2. The van der Waals surface area contributed by atoms with Crippen molar-refractivity contribution >= 4 is 23.2 Å². The molecular formula is C36H60N4O2+2. The van der Waals surface area contributed by atoms with Crippen LogP contribution in [0.4, 0.5) is 11.4 Å². The van der Waals surface area contributed by atoms with Gasteiger partial charge in [-0.05, 0) is 25.7 Å². The van der Waals surface area contributed by atoms with Crippen LogP contribution in [-0.4, -0.2) is 11.8 Å². The molecule has 0 atom stereocenters. The van der Waals surface area contributed by atoms with Crippen LogP contribution >= 0.6 is 0 Å². The van der Waals surface area contributed by atoms with Crippen LogP contribution < -0.4 is 19.8 Å². The molecule has 2 aromatic rings. The maximum Gasteiger partial charge on any atom is 0.224 e. The normalized spacial score (nSPS) is 11.0. The molecule has 42 heavy (non-hydrogen) atoms. The summed E-state index contributed by atoms with van der Waals surface area (Å²) < 4.78 is 4.38. The van der Waals surface area contributed by atoms with E-state index in [9.17, 15) is 9.59 Å². The van der Waals surface area contributed by atoms with Gasteiger partial charge in [-0.1, -0.05) is 90.9 Å². The first-order valence-corrected chi connectivity index (χ1v) is 17.2. The summed E-state index contributed by atoms with van der Waals surface area (Å²) in [6.07, 6.45) is 31.5. The number of aryl methyl sites for hydroxylation is 2. The van der Waals surface area contributed by atoms with E-state index < -0.39 is 0 Å². The fraction of sp³-hybridized carbons (Fsp3) is 0.667. The number of nitrogens with zero attached hydrogens (tertiary/aromatic N) is 2. The largest absolute Gasteiger partial charge is 0.326 e. The van der Waals surface area contributed by atoms with Crippen LogP contribution in [0.2, 0.25) is 0 Å². The van der Waals surface area contributed by atoms with Crippen molar-refractivity contribution in [1.29, 1.82) is 0 Å². The number of hydrogen-bond acceptors (Lipinski definition) is 2. The van der Waals surface area contributed by atoms with E-state index in [4.69, 9.17) is 0 Å². The molecule has 0 aliphatic carbocycles. The first-order valence-electron chi connectivity index (χ1n) is 17.2. The van der Waals surface area contributed by atoms with Gasteiger partial charge in [-0.3, -0.25) is 9.59 Å². The molecule has 0 aliphatic rings. The van der Waals surface area contributed by atoms with Gasteiger partial charge in [0.1, 0.15) is 13.1 Å². The molecule has 2 rings (SSSR count). The lowest BCUT2D eigenvalue weighted by Gasteiger charge is -2.06. The first-order chi connectivity index (χ1) is 20.6. The van der Waals surface area contributed by atoms with Crippen LogP contribution in [0, 0.1) is 0 Å². The van der Waals surface area contributed by atoms with Gasteiger partial charge in [0.2, 0.25) is 11.8 Å². The summed E-state index contributed by atoms with van der Waals surface area (Å²) in [6.45, 7) is 6.56. The van der Waals surface area contributed by atoms with Crippen LogP contribution in [-0.2, 0) is 22.7 Å². The highest BCUT2D eigenvalue weighted by Gasteiger charge is 2.08. The Morgan fingerprint density at radius 1 is 0.476 bits per heavy atom. The molecule has 0 saturated heterocycles. The highest BCUT2D eigenvalue weighted by molar-refractivity contribution is 5.91. The van der Waals surface area contributed by atoms with Crippen LogP contribution in [0.25, 0.3) is 0 Å². The summed E-state index contributed by atoms with van der Waals surface area (Å²) in [5.41, 5.74) is 1.65. The van der Waals surface area contributed by atoms with E-state index in [0.717, 1.165) is 24.5 Å². The molecule has 0 fully saturated rings. The van der Waals surface area contributed by atoms with Gasteiger partial charge in [-0.25, -0.2) is 9.13 Å². The molecule has 2 N–H and O–H groups in total. The van der Waals surface area contributed by atoms with Crippen molar-refractivity contribution in [2.45, 2.75) is 155 Å². The molecule has 0 unspecified atom stereocenters. The Morgan fingerprint density at radius 3 is 1.12 bits per heavy atom. The van der Waals surface area contributed by atoms with Crippen LogP contribution in [0.5, 0.6) is 0 Å². The van der Waals surface area contributed by atoms with E-state index in [2.05, 4.69) is 33.6 Å². The summed E-state index contributed by atoms with van der Waals surface area (Å²) in [4.78, 5) is 24.7. The van der Waals surface area contributed by atoms with Crippen molar-refractivity contribution in [3.63, 3.8) is 0 Å². The second kappa shape index (κ2) is 23.8. The number of carbonyl (C=O) groups is 2. The van der Waals surface area contributed by atoms with Gasteiger partial charge in [0.15, 0.2) is 24.8 Å². The van der Waals surface area contributed by atoms with Crippen LogP contribution in [0.15, 0.2) is 49.1 Å². The van der Waals surface area contributed by atoms with Crippen molar-refractivity contribution in [1.82, 2.24) is 0 Å². The van der Waals surface area contributed by atoms with E-state index in [1.165, 1.54) is 103 Å². The zero-order valence-electron chi connectivity index (χ0n) is 26.9. The average Bonchev–Trinajstić information content (AvgIpc) is 3.00. The quantitative estimate of drug-likeness (QED) is 0.0911. The molecule has 0 aromatic carbocycles. The topological polar surface area (TPSA) is 66.0 Å². The van der Waals surface area contributed by atoms with Gasteiger partial charge < -0.3 is 10.6 Å². The molecule has 2 aromatic heterocycles. The summed E-state index contributed by atoms with van der Waals surface area (Å²) in [6, 6.07) is 7.87. The lowest BCUT2D eigenvalue weighted by atomic mass is 10.1. The second-order valence-electron chi connectivity index (χ2n) is 11.9. The predicted octanol–water partition coefficient (Wildman–Crippen LogP) is 8.68. The summed E-state index contributed by atoms with van der Waals surface area (Å²) in [5, 5.41) is 5.96. The molecule has 0 spiro atoms. The van der Waals surface area contributed by atoms with Crippen LogP contribution in [0.3, 0.4) is 0 Å². The van der Waals surface area contributed by atoms with Gasteiger partial charge >= 0.3 is 0 Å². The number of hydrogen-bond donors (Lipinski definition) is 2. The Balaban J connectivity index is 1.50. The highest BCUT2D eigenvalue weighted by atomic mass is 16.2. The average molecular weight is 581 g/mol. The molecule has 234 valence electrons. The standard InChI is InChI=1S/C36H58N4O2/c1-3-5-7-9-11-13-15-19-27-39-29-23-33(24-30-39)37-35(41)21-17-18-22-36(42)38-34-25-31-40(32-26-34)28-20-16-14-12-10-8-6-4-2/h23-26,29-32H,3-22,27-28H2,1-2H3/p+2. The lowest BCUT2D eigenvalue weighted by Crippen LogP contribution is -2.32. The molecule has 0 aliphatic heterocycles. The lowest BCUT2D eigenvalue weighted by molar-refractivity contribution is -0.697. The maximum absolute atomic E-state index is 12.3. The van der Waals surface area contributed by atoms with E-state index >= 15 is 0 Å². The Labute approximate surface area is 256 Å². The number of rotatable bonds is 25. The number of amides is 2. The molecular weight excluding hydrogens is 520 g/mol. The van der Waals surface area contributed by atoms with Crippen molar-refractivity contribution in [3.8, 4) is 0 Å². The number of aromatic nitrogens is 2. The summed E-state index contributed by atoms with van der Waals surface area (Å²) >= 11 is 0. The molecule has 0 saturated carbocycles. The maximum atomic E-state index is 12.3. The fourth-order valence-electron chi connectivity index (χ4n) is 5.25. The molecule has 6 nitrogen and oxygen atoms in total. The SMILES string of the molecule is CCCCCCCCCC[n+]1ccc(NC(=O)CCCCC(=O)Nc2cc[n+](CCCCCCCCCC)cc2)cc1. The number of pyridine rings is 2. The zero-order valence-corrected chi connectivity index (χ0v) is 26.9. The summed E-state index contributed by atoms with van der Waals surface area (Å²) in [7, 11) is 0. The Hall–Kier alpha value is -2.76. The third-order valence-electron chi connectivity index (χ3n) is 7.95. The van der Waals surface area contributed by atoms with Crippen molar-refractivity contribution < 1.29 is 18.7 Å². The van der Waals surface area contributed by atoms with Gasteiger partial charge in [-0.15, -0.1) is 0 Å². The highest BCUT2D eigenvalue weighted by Crippen LogP contribution is 2.11. The second-order valence-corrected chi connectivity index (χ2v) is 11.9.